The van der Waals surface area contributed by atoms with E-state index in [1.54, 1.807) is 12.4 Å². The highest BCUT2D eigenvalue weighted by Crippen LogP contribution is 2.27. The molecule has 0 bridgehead atoms. The number of aliphatic hydroxyl groups excluding tert-OH is 2. The molecule has 4 atom stereocenters. The third kappa shape index (κ3) is 6.99. The smallest absolute Gasteiger partial charge is 0.225 e. The number of hydrogen-bond donors (Lipinski definition) is 3. The van der Waals surface area contributed by atoms with Crippen molar-refractivity contribution in [3.63, 3.8) is 0 Å². The number of anilines is 1. The van der Waals surface area contributed by atoms with Crippen molar-refractivity contribution >= 4 is 43.2 Å². The molecular weight excluding hydrogens is 469 g/mol. The van der Waals surface area contributed by atoms with Crippen molar-refractivity contribution in [2.24, 2.45) is 0 Å². The van der Waals surface area contributed by atoms with Crippen molar-refractivity contribution in [1.82, 2.24) is 20.2 Å². The van der Waals surface area contributed by atoms with Crippen LogP contribution in [0.2, 0.25) is 0 Å². The lowest BCUT2D eigenvalue weighted by Gasteiger charge is -2.40. The lowest BCUT2D eigenvalue weighted by molar-refractivity contribution is -0.0229. The Kier molecular flexibility index (Phi) is 12.8. The quantitative estimate of drug-likeness (QED) is 0.500. The van der Waals surface area contributed by atoms with E-state index in [9.17, 15) is 10.2 Å². The van der Waals surface area contributed by atoms with E-state index in [1.165, 1.54) is 0 Å². The molecule has 12 heteroatoms. The molecule has 0 aliphatic carbocycles. The van der Waals surface area contributed by atoms with Crippen LogP contribution >= 0.6 is 37.2 Å². The molecule has 9 nitrogen and oxygen atoms in total. The van der Waals surface area contributed by atoms with Gasteiger partial charge in [-0.15, -0.1) is 37.2 Å². The van der Waals surface area contributed by atoms with E-state index in [-0.39, 0.29) is 56.0 Å². The van der Waals surface area contributed by atoms with Gasteiger partial charge in [-0.25, -0.2) is 9.97 Å². The molecule has 0 aromatic carbocycles. The maximum Gasteiger partial charge on any atom is 0.225 e. The minimum atomic E-state index is -0.689. The van der Waals surface area contributed by atoms with E-state index < -0.39 is 12.2 Å². The van der Waals surface area contributed by atoms with Crippen molar-refractivity contribution in [3.05, 3.63) is 18.5 Å². The summed E-state index contributed by atoms with van der Waals surface area (Å²) in [5.74, 6) is 0.747. The Morgan fingerprint density at radius 1 is 1.00 bits per heavy atom. The number of ether oxygens (including phenoxy) is 2. The lowest BCUT2D eigenvalue weighted by Crippen LogP contribution is -2.58. The van der Waals surface area contributed by atoms with Gasteiger partial charge in [0, 0.05) is 64.4 Å². The molecule has 3 saturated heterocycles. The first-order chi connectivity index (χ1) is 13.8. The maximum absolute atomic E-state index is 10.8. The number of nitrogens with zero attached hydrogens (tertiary/aromatic N) is 4. The summed E-state index contributed by atoms with van der Waals surface area (Å²) >= 11 is 0. The average molecular weight is 503 g/mol. The molecule has 1 aromatic heterocycles. The van der Waals surface area contributed by atoms with Gasteiger partial charge in [0.05, 0.1) is 18.8 Å². The van der Waals surface area contributed by atoms with Gasteiger partial charge in [-0.2, -0.15) is 0 Å². The third-order valence-electron chi connectivity index (χ3n) is 6.04. The zero-order chi connectivity index (χ0) is 19.3. The van der Waals surface area contributed by atoms with Gasteiger partial charge in [0.15, 0.2) is 0 Å². The second-order valence-electron chi connectivity index (χ2n) is 7.74. The van der Waals surface area contributed by atoms with Gasteiger partial charge in [0.25, 0.3) is 0 Å². The largest absolute Gasteiger partial charge is 0.394 e. The first-order valence-electron chi connectivity index (χ1n) is 10.3. The number of nitrogens with one attached hydrogen (secondary N) is 1. The fraction of sp³-hybridized carbons (Fsp3) is 0.789. The number of hydrogen-bond acceptors (Lipinski definition) is 9. The standard InChI is InChI=1S/C19H31N5O4.3ClH/c25-13-16-18(26)17(15(28-16)12-22-14-2-10-27-11-3-14)23-6-8-24(9-7-23)19-20-4-1-5-21-19;;;/h1,4-5,14-18,22,25-26H,2-3,6-13H2;3*1H/t15-,16+,17+,18-;;;/m1.../s1. The summed E-state index contributed by atoms with van der Waals surface area (Å²) in [6, 6.07) is 2.12. The Bertz CT molecular complexity index is 609. The molecule has 3 fully saturated rings. The van der Waals surface area contributed by atoms with Crippen LogP contribution in [0.15, 0.2) is 18.5 Å². The highest BCUT2D eigenvalue weighted by molar-refractivity contribution is 5.86. The second-order valence-corrected chi connectivity index (χ2v) is 7.74. The molecule has 3 aliphatic rings. The second kappa shape index (κ2) is 13.9. The summed E-state index contributed by atoms with van der Waals surface area (Å²) in [5, 5.41) is 24.0. The van der Waals surface area contributed by atoms with E-state index in [1.807, 2.05) is 6.07 Å². The van der Waals surface area contributed by atoms with Crippen molar-refractivity contribution in [1.29, 1.82) is 0 Å². The number of rotatable bonds is 6. The molecule has 4 heterocycles. The van der Waals surface area contributed by atoms with Crippen molar-refractivity contribution in [2.75, 3.05) is 57.4 Å². The summed E-state index contributed by atoms with van der Waals surface area (Å²) in [7, 11) is 0. The molecule has 1 aromatic rings. The Morgan fingerprint density at radius 2 is 1.65 bits per heavy atom. The topological polar surface area (TPSA) is 103 Å². The van der Waals surface area contributed by atoms with Crippen LogP contribution in [0.5, 0.6) is 0 Å². The summed E-state index contributed by atoms with van der Waals surface area (Å²) in [5.41, 5.74) is 0. The Labute approximate surface area is 202 Å². The molecule has 4 rings (SSSR count). The molecule has 3 aliphatic heterocycles. The molecule has 31 heavy (non-hydrogen) atoms. The SMILES string of the molecule is Cl.Cl.Cl.OC[C@@H]1O[C@H](CNC2CCOCC2)[C@H](N2CCN(c3ncccn3)CC2)[C@@H]1O. The molecule has 0 amide bonds. The van der Waals surface area contributed by atoms with Crippen LogP contribution in [0.4, 0.5) is 5.95 Å². The van der Waals surface area contributed by atoms with E-state index in [0.717, 1.165) is 58.2 Å². The van der Waals surface area contributed by atoms with Gasteiger partial charge >= 0.3 is 0 Å². The predicted octanol–water partition coefficient (Wildman–Crippen LogP) is 0.122. The molecule has 3 N–H and O–H groups in total. The fourth-order valence-electron chi connectivity index (χ4n) is 4.46. The molecule has 180 valence electrons. The molecule has 0 spiro atoms. The van der Waals surface area contributed by atoms with Crippen molar-refractivity contribution in [3.8, 4) is 0 Å². The van der Waals surface area contributed by atoms with Gasteiger partial charge in [-0.3, -0.25) is 4.90 Å². The lowest BCUT2D eigenvalue weighted by atomic mass is 10.0. The zero-order valence-corrected chi connectivity index (χ0v) is 19.9. The van der Waals surface area contributed by atoms with Gasteiger partial charge < -0.3 is 29.9 Å². The normalized spacial score (nSPS) is 29.5. The minimum Gasteiger partial charge on any atom is -0.394 e. The summed E-state index contributed by atoms with van der Waals surface area (Å²) in [4.78, 5) is 13.1. The minimum absolute atomic E-state index is 0. The monoisotopic (exact) mass is 501 g/mol. The highest BCUT2D eigenvalue weighted by atomic mass is 35.5. The van der Waals surface area contributed by atoms with E-state index >= 15 is 0 Å². The zero-order valence-electron chi connectivity index (χ0n) is 17.4. The number of aromatic nitrogens is 2. The van der Waals surface area contributed by atoms with Gasteiger partial charge in [0.2, 0.25) is 5.95 Å². The van der Waals surface area contributed by atoms with E-state index in [4.69, 9.17) is 9.47 Å². The van der Waals surface area contributed by atoms with Crippen LogP contribution in [0, 0.1) is 0 Å². The summed E-state index contributed by atoms with van der Waals surface area (Å²) < 4.78 is 11.4. The van der Waals surface area contributed by atoms with Crippen LogP contribution < -0.4 is 10.2 Å². The van der Waals surface area contributed by atoms with Crippen LogP contribution in [0.25, 0.3) is 0 Å². The Morgan fingerprint density at radius 3 is 2.26 bits per heavy atom. The van der Waals surface area contributed by atoms with Gasteiger partial charge in [0.1, 0.15) is 12.2 Å². The van der Waals surface area contributed by atoms with Crippen LogP contribution in [0.3, 0.4) is 0 Å². The van der Waals surface area contributed by atoms with Crippen LogP contribution in [-0.2, 0) is 9.47 Å². The fourth-order valence-corrected chi connectivity index (χ4v) is 4.46. The van der Waals surface area contributed by atoms with Gasteiger partial charge in [-0.1, -0.05) is 0 Å². The van der Waals surface area contributed by atoms with Crippen molar-refractivity contribution in [2.45, 2.75) is 43.2 Å². The predicted molar refractivity (Wildman–Crippen MR) is 125 cm³/mol. The average Bonchev–Trinajstić information content (AvgIpc) is 3.09. The summed E-state index contributed by atoms with van der Waals surface area (Å²) in [6.45, 7) is 5.29. The number of piperazine rings is 1. The van der Waals surface area contributed by atoms with Crippen LogP contribution in [-0.4, -0.2) is 108 Å². The first kappa shape index (κ1) is 28.5. The Balaban J connectivity index is 0.00000160. The molecular formula is C19H34Cl3N5O4. The third-order valence-corrected chi connectivity index (χ3v) is 6.04. The van der Waals surface area contributed by atoms with Crippen LogP contribution in [0.1, 0.15) is 12.8 Å². The first-order valence-corrected chi connectivity index (χ1v) is 10.3. The number of halogens is 3. The van der Waals surface area contributed by atoms with E-state index in [0.29, 0.717) is 12.6 Å². The van der Waals surface area contributed by atoms with Crippen molar-refractivity contribution < 1.29 is 19.7 Å². The van der Waals surface area contributed by atoms with Gasteiger partial charge in [-0.05, 0) is 18.9 Å². The molecule has 0 radical (unpaired) electrons. The number of aliphatic hydroxyl groups is 2. The molecule has 0 saturated carbocycles. The Hall–Kier alpha value is -0.490. The maximum atomic E-state index is 10.8. The highest BCUT2D eigenvalue weighted by Gasteiger charge is 2.46. The van der Waals surface area contributed by atoms with E-state index in [2.05, 4.69) is 25.1 Å². The summed E-state index contributed by atoms with van der Waals surface area (Å²) in [6.07, 6.45) is 4.15. The molecule has 0 unspecified atom stereocenters.